The Labute approximate surface area is 233 Å². The zero-order chi connectivity index (χ0) is 27.0. The van der Waals surface area contributed by atoms with E-state index in [1.165, 1.54) is 0 Å². The lowest BCUT2D eigenvalue weighted by Gasteiger charge is -2.22. The van der Waals surface area contributed by atoms with Crippen LogP contribution >= 0.6 is 21.6 Å². The number of carbonyl (C=O) groups excluding carboxylic acids is 2. The van der Waals surface area contributed by atoms with E-state index in [2.05, 4.69) is 27.4 Å². The van der Waals surface area contributed by atoms with Crippen molar-refractivity contribution in [2.24, 2.45) is 5.92 Å². The summed E-state index contributed by atoms with van der Waals surface area (Å²) in [5, 5.41) is 24.3. The van der Waals surface area contributed by atoms with Gasteiger partial charge in [0.1, 0.15) is 6.54 Å². The van der Waals surface area contributed by atoms with Crippen molar-refractivity contribution in [3.63, 3.8) is 0 Å². The molecule has 2 heterocycles. The van der Waals surface area contributed by atoms with Crippen LogP contribution in [0.3, 0.4) is 0 Å². The van der Waals surface area contributed by atoms with Crippen molar-refractivity contribution < 1.29 is 24.4 Å². The van der Waals surface area contributed by atoms with Gasteiger partial charge < -0.3 is 25.7 Å². The maximum absolute atomic E-state index is 12.1. The van der Waals surface area contributed by atoms with Crippen LogP contribution in [0.4, 0.5) is 5.69 Å². The molecular formula is C28H39N4O4S2+. The number of hydrogen-bond donors (Lipinski definition) is 4. The van der Waals surface area contributed by atoms with Gasteiger partial charge in [0.05, 0.1) is 19.1 Å². The summed E-state index contributed by atoms with van der Waals surface area (Å²) in [5.41, 5.74) is 3.13. The Bertz CT molecular complexity index is 1010. The molecule has 1 aromatic carbocycles. The van der Waals surface area contributed by atoms with Crippen LogP contribution in [0.5, 0.6) is 0 Å². The van der Waals surface area contributed by atoms with E-state index in [9.17, 15) is 19.8 Å². The molecule has 1 aliphatic heterocycles. The van der Waals surface area contributed by atoms with Gasteiger partial charge in [-0.05, 0) is 29.7 Å². The number of hydrogen-bond acceptors (Lipinski definition) is 7. The van der Waals surface area contributed by atoms with E-state index in [1.54, 1.807) is 21.6 Å². The molecule has 1 saturated heterocycles. The predicted molar refractivity (Wildman–Crippen MR) is 157 cm³/mol. The van der Waals surface area contributed by atoms with Gasteiger partial charge in [0.2, 0.25) is 11.8 Å². The summed E-state index contributed by atoms with van der Waals surface area (Å²) in [7, 11) is 3.50. The van der Waals surface area contributed by atoms with Crippen LogP contribution in [-0.4, -0.2) is 72.9 Å². The Morgan fingerprint density at radius 3 is 2.13 bits per heavy atom. The standard InChI is InChI=1S/C28H38N4O4S2/c33-19-17-32(18-20-34)26-8-6-23(7-9-26)4-5-24-10-15-31(16-11-24)14-1-3-27(35)29-12-2-13-30-28(36)25-21-37-38-22-25/h4-11,15-16,25,33-34H,1-3,12-14,17-22H2,(H-,29,30,35,36)/p+1. The number of amides is 2. The number of aliphatic hydroxyl groups excluding tert-OH is 2. The molecule has 0 radical (unpaired) electrons. The number of nitrogens with zero attached hydrogens (tertiary/aromatic N) is 2. The molecule has 1 aromatic heterocycles. The molecule has 206 valence electrons. The van der Waals surface area contributed by atoms with E-state index in [1.807, 2.05) is 53.7 Å². The highest BCUT2D eigenvalue weighted by atomic mass is 33.1. The van der Waals surface area contributed by atoms with E-state index >= 15 is 0 Å². The SMILES string of the molecule is O=C(CCC[n+]1ccc(/C=C/c2ccc(N(CCO)CCO)cc2)cc1)NCCCNC(=O)C1CSSC1. The summed E-state index contributed by atoms with van der Waals surface area (Å²) in [6, 6.07) is 12.1. The van der Waals surface area contributed by atoms with Crippen molar-refractivity contribution in [2.75, 3.05) is 55.8 Å². The molecular weight excluding hydrogens is 520 g/mol. The molecule has 0 bridgehead atoms. The first-order valence-corrected chi connectivity index (χ1v) is 15.6. The van der Waals surface area contributed by atoms with Gasteiger partial charge >= 0.3 is 0 Å². The number of benzene rings is 1. The molecule has 8 nitrogen and oxygen atoms in total. The number of rotatable bonds is 16. The molecule has 3 rings (SSSR count). The predicted octanol–water partition coefficient (Wildman–Crippen LogP) is 2.35. The minimum Gasteiger partial charge on any atom is -0.395 e. The number of aromatic nitrogens is 1. The maximum atomic E-state index is 12.1. The maximum Gasteiger partial charge on any atom is 0.224 e. The highest BCUT2D eigenvalue weighted by molar-refractivity contribution is 8.77. The molecule has 0 atom stereocenters. The van der Waals surface area contributed by atoms with Gasteiger partial charge in [-0.1, -0.05) is 45.9 Å². The second kappa shape index (κ2) is 17.1. The molecule has 1 fully saturated rings. The number of aliphatic hydroxyl groups is 2. The van der Waals surface area contributed by atoms with Crippen LogP contribution in [0.25, 0.3) is 12.2 Å². The van der Waals surface area contributed by atoms with Crippen LogP contribution in [0.2, 0.25) is 0 Å². The van der Waals surface area contributed by atoms with Crippen molar-refractivity contribution in [1.82, 2.24) is 10.6 Å². The van der Waals surface area contributed by atoms with Crippen LogP contribution in [-0.2, 0) is 16.1 Å². The molecule has 0 saturated carbocycles. The number of anilines is 1. The third kappa shape index (κ3) is 10.7. The Balaban J connectivity index is 1.31. The van der Waals surface area contributed by atoms with Gasteiger partial charge in [0.15, 0.2) is 12.4 Å². The third-order valence-corrected chi connectivity index (χ3v) is 8.73. The molecule has 10 heteroatoms. The number of nitrogens with one attached hydrogen (secondary N) is 2. The lowest BCUT2D eigenvalue weighted by Crippen LogP contribution is -2.35. The molecule has 1 aliphatic rings. The monoisotopic (exact) mass is 559 g/mol. The van der Waals surface area contributed by atoms with Gasteiger partial charge in [0.25, 0.3) is 0 Å². The number of aryl methyl sites for hydroxylation is 1. The van der Waals surface area contributed by atoms with Crippen molar-refractivity contribution in [3.8, 4) is 0 Å². The summed E-state index contributed by atoms with van der Waals surface area (Å²) in [5.74, 6) is 2.06. The van der Waals surface area contributed by atoms with Gasteiger partial charge in [-0.2, -0.15) is 0 Å². The zero-order valence-corrected chi connectivity index (χ0v) is 23.4. The molecule has 4 N–H and O–H groups in total. The Morgan fingerprint density at radius 2 is 1.50 bits per heavy atom. The normalized spacial score (nSPS) is 13.6. The summed E-state index contributed by atoms with van der Waals surface area (Å²) < 4.78 is 2.07. The second-order valence-electron chi connectivity index (χ2n) is 9.09. The molecule has 0 aliphatic carbocycles. The fraction of sp³-hybridized carbons (Fsp3) is 0.464. The highest BCUT2D eigenvalue weighted by Crippen LogP contribution is 2.34. The topological polar surface area (TPSA) is 106 Å². The van der Waals surface area contributed by atoms with Crippen molar-refractivity contribution >= 4 is 51.2 Å². The van der Waals surface area contributed by atoms with Gasteiger partial charge in [-0.3, -0.25) is 9.59 Å². The van der Waals surface area contributed by atoms with E-state index < -0.39 is 0 Å². The first-order chi connectivity index (χ1) is 18.6. The molecule has 2 aromatic rings. The lowest BCUT2D eigenvalue weighted by molar-refractivity contribution is -0.697. The molecule has 2 amide bonds. The van der Waals surface area contributed by atoms with Crippen molar-refractivity contribution in [2.45, 2.75) is 25.8 Å². The Kier molecular flexibility index (Phi) is 13.5. The van der Waals surface area contributed by atoms with Crippen LogP contribution in [0.15, 0.2) is 48.8 Å². The smallest absolute Gasteiger partial charge is 0.224 e. The number of carbonyl (C=O) groups is 2. The van der Waals surface area contributed by atoms with E-state index in [0.29, 0.717) is 32.6 Å². The van der Waals surface area contributed by atoms with Gasteiger partial charge in [-0.15, -0.1) is 0 Å². The first kappa shape index (κ1) is 30.0. The van der Waals surface area contributed by atoms with Gasteiger partial charge in [0, 0.05) is 68.3 Å². The quantitative estimate of drug-likeness (QED) is 0.142. The third-order valence-electron chi connectivity index (χ3n) is 6.17. The molecule has 0 spiro atoms. The summed E-state index contributed by atoms with van der Waals surface area (Å²) >= 11 is 0. The first-order valence-electron chi connectivity index (χ1n) is 13.1. The molecule has 0 unspecified atom stereocenters. The van der Waals surface area contributed by atoms with E-state index in [0.717, 1.165) is 47.7 Å². The second-order valence-corrected chi connectivity index (χ2v) is 11.6. The summed E-state index contributed by atoms with van der Waals surface area (Å²) in [6.07, 6.45) is 10.1. The van der Waals surface area contributed by atoms with Crippen molar-refractivity contribution in [3.05, 3.63) is 59.9 Å². The average Bonchev–Trinajstić information content (AvgIpc) is 3.48. The fourth-order valence-electron chi connectivity index (χ4n) is 3.97. The summed E-state index contributed by atoms with van der Waals surface area (Å²) in [4.78, 5) is 26.0. The summed E-state index contributed by atoms with van der Waals surface area (Å²) in [6.45, 7) is 3.02. The lowest BCUT2D eigenvalue weighted by atomic mass is 10.1. The average molecular weight is 560 g/mol. The van der Waals surface area contributed by atoms with Crippen LogP contribution < -0.4 is 20.1 Å². The largest absolute Gasteiger partial charge is 0.395 e. The fourth-order valence-corrected chi connectivity index (χ4v) is 6.74. The minimum absolute atomic E-state index is 0.0435. The minimum atomic E-state index is 0.0435. The van der Waals surface area contributed by atoms with E-state index in [4.69, 9.17) is 0 Å². The van der Waals surface area contributed by atoms with Crippen molar-refractivity contribution in [1.29, 1.82) is 0 Å². The highest BCUT2D eigenvalue weighted by Gasteiger charge is 2.23. The van der Waals surface area contributed by atoms with Crippen LogP contribution in [0, 0.1) is 5.92 Å². The Morgan fingerprint density at radius 1 is 0.895 bits per heavy atom. The molecule has 38 heavy (non-hydrogen) atoms. The van der Waals surface area contributed by atoms with E-state index in [-0.39, 0.29) is 30.9 Å². The van der Waals surface area contributed by atoms with Gasteiger partial charge in [-0.25, -0.2) is 4.57 Å². The zero-order valence-electron chi connectivity index (χ0n) is 21.8. The number of pyridine rings is 1. The Hall–Kier alpha value is -2.53. The van der Waals surface area contributed by atoms with Crippen LogP contribution in [0.1, 0.15) is 30.4 Å².